The molecule has 1 saturated carbocycles. The van der Waals surface area contributed by atoms with Crippen molar-refractivity contribution in [3.63, 3.8) is 0 Å². The van der Waals surface area contributed by atoms with Crippen LogP contribution in [0.4, 0.5) is 0 Å². The van der Waals surface area contributed by atoms with Crippen molar-refractivity contribution in [2.24, 2.45) is 5.92 Å². The molecular weight excluding hydrogens is 102 g/mol. The molecule has 1 rings (SSSR count). The Morgan fingerprint density at radius 1 is 1.50 bits per heavy atom. The zero-order valence-electron chi connectivity index (χ0n) is 4.63. The van der Waals surface area contributed by atoms with Crippen molar-refractivity contribution < 1.29 is 5.11 Å². The summed E-state index contributed by atoms with van der Waals surface area (Å²) in [4.78, 5) is 0. The highest BCUT2D eigenvalue weighted by Gasteiger charge is 2.22. The van der Waals surface area contributed by atoms with Crippen molar-refractivity contribution in [3.8, 4) is 6.07 Å². The van der Waals surface area contributed by atoms with E-state index in [0.717, 1.165) is 6.42 Å². The zero-order valence-corrected chi connectivity index (χ0v) is 4.63. The molecule has 1 fully saturated rings. The predicted molar refractivity (Wildman–Crippen MR) is 27.4 cm³/mol. The van der Waals surface area contributed by atoms with Gasteiger partial charge in [-0.25, -0.2) is 5.11 Å². The Bertz CT molecular complexity index is 116. The molecule has 2 nitrogen and oxygen atoms in total. The quantitative estimate of drug-likeness (QED) is 0.460. The molecular formula is C6H8NO. The van der Waals surface area contributed by atoms with Crippen LogP contribution >= 0.6 is 0 Å². The third kappa shape index (κ3) is 0.988. The Morgan fingerprint density at radius 3 is 2.50 bits per heavy atom. The van der Waals surface area contributed by atoms with Crippen LogP contribution in [0.25, 0.3) is 0 Å². The fraction of sp³-hybridized carbons (Fsp3) is 0.833. The number of nitrogens with zero attached hydrogens (tertiary/aromatic N) is 1. The molecule has 0 N–H and O–H groups in total. The Balaban J connectivity index is 2.35. The molecule has 0 heterocycles. The van der Waals surface area contributed by atoms with Gasteiger partial charge in [0.2, 0.25) is 0 Å². The Morgan fingerprint density at radius 2 is 2.25 bits per heavy atom. The normalized spacial score (nSPS) is 37.0. The number of nitriles is 1. The first-order chi connectivity index (χ1) is 3.83. The molecule has 0 aromatic heterocycles. The van der Waals surface area contributed by atoms with Crippen LogP contribution in [0.15, 0.2) is 0 Å². The average molecular weight is 110 g/mol. The van der Waals surface area contributed by atoms with Gasteiger partial charge in [0, 0.05) is 5.92 Å². The molecule has 1 aliphatic carbocycles. The summed E-state index contributed by atoms with van der Waals surface area (Å²) in [7, 11) is 0. The molecule has 0 bridgehead atoms. The van der Waals surface area contributed by atoms with Crippen molar-refractivity contribution in [1.82, 2.24) is 0 Å². The van der Waals surface area contributed by atoms with E-state index in [1.807, 2.05) is 0 Å². The van der Waals surface area contributed by atoms with Crippen LogP contribution in [0.2, 0.25) is 0 Å². The lowest BCUT2D eigenvalue weighted by Crippen LogP contribution is -1.95. The third-order valence-electron chi connectivity index (χ3n) is 1.57. The lowest BCUT2D eigenvalue weighted by Gasteiger charge is -1.91. The van der Waals surface area contributed by atoms with Gasteiger partial charge in [0.05, 0.1) is 12.2 Å². The van der Waals surface area contributed by atoms with Gasteiger partial charge in [-0.2, -0.15) is 5.26 Å². The van der Waals surface area contributed by atoms with Gasteiger partial charge in [0.15, 0.2) is 0 Å². The maximum absolute atomic E-state index is 10.5. The van der Waals surface area contributed by atoms with Crippen LogP contribution < -0.4 is 0 Å². The van der Waals surface area contributed by atoms with Gasteiger partial charge in [0.1, 0.15) is 0 Å². The molecule has 43 valence electrons. The number of hydrogen-bond donors (Lipinski definition) is 0. The maximum Gasteiger partial charge on any atom is 0.0943 e. The van der Waals surface area contributed by atoms with E-state index in [-0.39, 0.29) is 5.92 Å². The van der Waals surface area contributed by atoms with Crippen molar-refractivity contribution >= 4 is 0 Å². The SMILES string of the molecule is N#CC1CCC([O])C1. The first-order valence-corrected chi connectivity index (χ1v) is 2.88. The van der Waals surface area contributed by atoms with E-state index < -0.39 is 6.10 Å². The summed E-state index contributed by atoms with van der Waals surface area (Å²) >= 11 is 0. The fourth-order valence-corrected chi connectivity index (χ4v) is 1.06. The van der Waals surface area contributed by atoms with E-state index in [4.69, 9.17) is 5.26 Å². The minimum atomic E-state index is -0.445. The monoisotopic (exact) mass is 110 g/mol. The van der Waals surface area contributed by atoms with E-state index in [2.05, 4.69) is 6.07 Å². The molecule has 0 aromatic carbocycles. The minimum absolute atomic E-state index is 0.0671. The van der Waals surface area contributed by atoms with E-state index >= 15 is 0 Å². The smallest absolute Gasteiger partial charge is 0.0943 e. The summed E-state index contributed by atoms with van der Waals surface area (Å²) in [6.07, 6.45) is 1.67. The molecule has 8 heavy (non-hydrogen) atoms. The van der Waals surface area contributed by atoms with E-state index in [1.165, 1.54) is 0 Å². The van der Waals surface area contributed by atoms with E-state index in [1.54, 1.807) is 0 Å². The molecule has 0 aromatic rings. The predicted octanol–water partition coefficient (Wildman–Crippen LogP) is 1.11. The minimum Gasteiger partial charge on any atom is -0.233 e. The highest BCUT2D eigenvalue weighted by molar-refractivity contribution is 4.89. The van der Waals surface area contributed by atoms with Gasteiger partial charge < -0.3 is 0 Å². The molecule has 1 radical (unpaired) electrons. The zero-order chi connectivity index (χ0) is 5.98. The van der Waals surface area contributed by atoms with Crippen molar-refractivity contribution in [2.75, 3.05) is 0 Å². The summed E-state index contributed by atoms with van der Waals surface area (Å²) in [5.41, 5.74) is 0. The second-order valence-corrected chi connectivity index (χ2v) is 2.26. The number of hydrogen-bond acceptors (Lipinski definition) is 1. The van der Waals surface area contributed by atoms with Crippen molar-refractivity contribution in [2.45, 2.75) is 25.4 Å². The lowest BCUT2D eigenvalue weighted by molar-refractivity contribution is 0.0936. The van der Waals surface area contributed by atoms with Crippen LogP contribution in [-0.2, 0) is 5.11 Å². The third-order valence-corrected chi connectivity index (χ3v) is 1.57. The molecule has 0 spiro atoms. The van der Waals surface area contributed by atoms with Gasteiger partial charge >= 0.3 is 0 Å². The van der Waals surface area contributed by atoms with Gasteiger partial charge in [-0.05, 0) is 19.3 Å². The highest BCUT2D eigenvalue weighted by atomic mass is 16.3. The molecule has 1 aliphatic rings. The first-order valence-electron chi connectivity index (χ1n) is 2.88. The summed E-state index contributed by atoms with van der Waals surface area (Å²) < 4.78 is 0. The summed E-state index contributed by atoms with van der Waals surface area (Å²) in [5.74, 6) is 0.0671. The Hall–Kier alpha value is -0.550. The molecule has 0 amide bonds. The van der Waals surface area contributed by atoms with Gasteiger partial charge in [-0.3, -0.25) is 0 Å². The summed E-state index contributed by atoms with van der Waals surface area (Å²) in [6.45, 7) is 0. The Labute approximate surface area is 48.7 Å². The second-order valence-electron chi connectivity index (χ2n) is 2.26. The standard InChI is InChI=1S/C6H8NO/c7-4-5-1-2-6(8)3-5/h5-6H,1-3H2. The van der Waals surface area contributed by atoms with Crippen LogP contribution in [0.5, 0.6) is 0 Å². The second kappa shape index (κ2) is 2.15. The largest absolute Gasteiger partial charge is 0.233 e. The first kappa shape index (κ1) is 5.58. The van der Waals surface area contributed by atoms with Crippen LogP contribution in [0.1, 0.15) is 19.3 Å². The summed E-state index contributed by atoms with van der Waals surface area (Å²) in [5, 5.41) is 18.8. The summed E-state index contributed by atoms with van der Waals surface area (Å²) in [6, 6.07) is 2.09. The molecule has 0 saturated heterocycles. The van der Waals surface area contributed by atoms with Gasteiger partial charge in [-0.1, -0.05) is 0 Å². The van der Waals surface area contributed by atoms with Crippen LogP contribution in [0.3, 0.4) is 0 Å². The van der Waals surface area contributed by atoms with Crippen molar-refractivity contribution in [1.29, 1.82) is 5.26 Å². The van der Waals surface area contributed by atoms with Crippen LogP contribution in [-0.4, -0.2) is 6.10 Å². The van der Waals surface area contributed by atoms with Crippen molar-refractivity contribution in [3.05, 3.63) is 0 Å². The maximum atomic E-state index is 10.5. The topological polar surface area (TPSA) is 43.7 Å². The average Bonchev–Trinajstić information content (AvgIpc) is 2.14. The Kier molecular flexibility index (Phi) is 1.50. The molecule has 2 heteroatoms. The van der Waals surface area contributed by atoms with E-state index in [0.29, 0.717) is 12.8 Å². The van der Waals surface area contributed by atoms with E-state index in [9.17, 15) is 5.11 Å². The number of rotatable bonds is 0. The molecule has 0 aliphatic heterocycles. The highest BCUT2D eigenvalue weighted by Crippen LogP contribution is 2.24. The van der Waals surface area contributed by atoms with Gasteiger partial charge in [0.25, 0.3) is 0 Å². The fourth-order valence-electron chi connectivity index (χ4n) is 1.06. The lowest BCUT2D eigenvalue weighted by atomic mass is 10.1. The molecule has 2 atom stereocenters. The van der Waals surface area contributed by atoms with Gasteiger partial charge in [-0.15, -0.1) is 0 Å². The molecule has 2 unspecified atom stereocenters. The van der Waals surface area contributed by atoms with Crippen LogP contribution in [0, 0.1) is 17.2 Å².